The van der Waals surface area contributed by atoms with Crippen LogP contribution in [0.2, 0.25) is 0 Å². The van der Waals surface area contributed by atoms with Crippen molar-refractivity contribution in [2.45, 2.75) is 52.0 Å². The van der Waals surface area contributed by atoms with Crippen LogP contribution in [0.25, 0.3) is 11.0 Å². The monoisotopic (exact) mass is 434 g/mol. The number of nitrogens with zero attached hydrogens (tertiary/aromatic N) is 3. The molecule has 0 radical (unpaired) electrons. The molecule has 0 aliphatic heterocycles. The molecule has 3 N–H and O–H groups in total. The number of benzene rings is 1. The molecule has 2 atom stereocenters. The van der Waals surface area contributed by atoms with Crippen LogP contribution in [0.15, 0.2) is 35.3 Å². The van der Waals surface area contributed by atoms with Crippen molar-refractivity contribution in [1.29, 1.82) is 0 Å². The maximum atomic E-state index is 14.0. The first-order chi connectivity index (χ1) is 14.5. The lowest BCUT2D eigenvalue weighted by molar-refractivity contribution is 0.0646. The van der Waals surface area contributed by atoms with Crippen LogP contribution in [-0.2, 0) is 6.54 Å². The molecule has 0 saturated carbocycles. The molecule has 31 heavy (non-hydrogen) atoms. The van der Waals surface area contributed by atoms with Crippen LogP contribution in [0.4, 0.5) is 14.7 Å². The van der Waals surface area contributed by atoms with E-state index >= 15 is 0 Å². The van der Waals surface area contributed by atoms with E-state index in [9.17, 15) is 23.8 Å². The maximum absolute atomic E-state index is 14.0. The number of ether oxygens (including phenoxy) is 1. The second-order valence-electron chi connectivity index (χ2n) is 7.94. The highest BCUT2D eigenvalue weighted by molar-refractivity contribution is 5.77. The average Bonchev–Trinajstić information content (AvgIpc) is 2.66. The molecule has 0 fully saturated rings. The molecule has 3 aromatic rings. The van der Waals surface area contributed by atoms with Crippen LogP contribution >= 0.6 is 0 Å². The third-order valence-electron chi connectivity index (χ3n) is 4.76. The molecule has 0 bridgehead atoms. The van der Waals surface area contributed by atoms with Gasteiger partial charge in [-0.25, -0.2) is 13.8 Å². The maximum Gasteiger partial charge on any atom is 0.295 e. The molecule has 2 heterocycles. The van der Waals surface area contributed by atoms with Gasteiger partial charge < -0.3 is 20.3 Å². The van der Waals surface area contributed by atoms with E-state index < -0.39 is 34.9 Å². The number of rotatable bonds is 7. The van der Waals surface area contributed by atoms with E-state index in [1.807, 2.05) is 0 Å². The largest absolute Gasteiger partial charge is 0.448 e. The van der Waals surface area contributed by atoms with Crippen molar-refractivity contribution in [1.82, 2.24) is 14.5 Å². The Morgan fingerprint density at radius 3 is 2.55 bits per heavy atom. The van der Waals surface area contributed by atoms with Gasteiger partial charge >= 0.3 is 0 Å². The van der Waals surface area contributed by atoms with Gasteiger partial charge in [-0.15, -0.1) is 0 Å². The van der Waals surface area contributed by atoms with Crippen molar-refractivity contribution in [3.8, 4) is 11.5 Å². The number of hydrogen-bond acceptors (Lipinski definition) is 7. The SMILES string of the molecule is CC(Nc1ncc2cc(Oc3ccc(F)cc3F)c(=O)n(C[C@@H](C)O)c2n1)C(C)(C)O. The van der Waals surface area contributed by atoms with Gasteiger partial charge in [-0.1, -0.05) is 0 Å². The summed E-state index contributed by atoms with van der Waals surface area (Å²) in [6.07, 6.45) is 0.550. The first-order valence-electron chi connectivity index (χ1n) is 9.66. The van der Waals surface area contributed by atoms with E-state index in [-0.39, 0.29) is 29.6 Å². The minimum absolute atomic E-state index is 0.101. The second kappa shape index (κ2) is 8.56. The third-order valence-corrected chi connectivity index (χ3v) is 4.76. The van der Waals surface area contributed by atoms with Crippen LogP contribution in [0.1, 0.15) is 27.7 Å². The van der Waals surface area contributed by atoms with Crippen molar-refractivity contribution < 1.29 is 23.7 Å². The molecule has 0 aliphatic carbocycles. The lowest BCUT2D eigenvalue weighted by Gasteiger charge is -2.26. The fraction of sp³-hybridized carbons (Fsp3) is 0.381. The molecule has 8 nitrogen and oxygen atoms in total. The summed E-state index contributed by atoms with van der Waals surface area (Å²) in [5, 5.41) is 23.4. The molecule has 0 aliphatic rings. The van der Waals surface area contributed by atoms with Crippen molar-refractivity contribution >= 4 is 17.0 Å². The number of aliphatic hydroxyl groups is 2. The summed E-state index contributed by atoms with van der Waals surface area (Å²) in [5.74, 6) is -2.10. The van der Waals surface area contributed by atoms with E-state index in [0.717, 1.165) is 12.1 Å². The predicted octanol–water partition coefficient (Wildman–Crippen LogP) is 2.81. The van der Waals surface area contributed by atoms with Gasteiger partial charge in [0.1, 0.15) is 11.5 Å². The number of aromatic nitrogens is 3. The van der Waals surface area contributed by atoms with E-state index in [1.165, 1.54) is 23.8 Å². The summed E-state index contributed by atoms with van der Waals surface area (Å²) in [5.41, 5.74) is -1.48. The minimum Gasteiger partial charge on any atom is -0.448 e. The number of pyridine rings is 1. The Bertz CT molecular complexity index is 1160. The quantitative estimate of drug-likeness (QED) is 0.525. The molecule has 2 aromatic heterocycles. The zero-order valence-corrected chi connectivity index (χ0v) is 17.6. The zero-order valence-electron chi connectivity index (χ0n) is 17.6. The summed E-state index contributed by atoms with van der Waals surface area (Å²) < 4.78 is 33.7. The molecular weight excluding hydrogens is 410 g/mol. The van der Waals surface area contributed by atoms with Crippen molar-refractivity contribution in [3.63, 3.8) is 0 Å². The molecule has 166 valence electrons. The molecule has 1 aromatic carbocycles. The highest BCUT2D eigenvalue weighted by atomic mass is 19.1. The number of nitrogens with one attached hydrogen (secondary N) is 1. The van der Waals surface area contributed by atoms with Gasteiger partial charge in [0.25, 0.3) is 5.56 Å². The van der Waals surface area contributed by atoms with Gasteiger partial charge in [-0.05, 0) is 45.9 Å². The predicted molar refractivity (Wildman–Crippen MR) is 111 cm³/mol. The van der Waals surface area contributed by atoms with Crippen LogP contribution in [0, 0.1) is 11.6 Å². The molecule has 0 amide bonds. The highest BCUT2D eigenvalue weighted by Gasteiger charge is 2.23. The second-order valence-corrected chi connectivity index (χ2v) is 7.94. The lowest BCUT2D eigenvalue weighted by Crippen LogP contribution is -2.39. The van der Waals surface area contributed by atoms with Gasteiger partial charge in [0.05, 0.1) is 24.3 Å². The van der Waals surface area contributed by atoms with Crippen LogP contribution in [0.5, 0.6) is 11.5 Å². The fourth-order valence-corrected chi connectivity index (χ4v) is 2.76. The number of aliphatic hydroxyl groups excluding tert-OH is 1. The lowest BCUT2D eigenvalue weighted by atomic mass is 10.0. The molecule has 1 unspecified atom stereocenters. The first-order valence-corrected chi connectivity index (χ1v) is 9.66. The Labute approximate surface area is 177 Å². The number of anilines is 1. The fourth-order valence-electron chi connectivity index (χ4n) is 2.76. The standard InChI is InChI=1S/C21H24F2N4O4/c1-11(28)10-27-18-13(9-24-20(26-18)25-12(2)21(3,4)30)7-17(19(27)29)31-16-6-5-14(22)8-15(16)23/h5-9,11-12,28,30H,10H2,1-4H3,(H,24,25,26)/t11-,12?/m1/s1. The smallest absolute Gasteiger partial charge is 0.295 e. The number of halogens is 2. The molecule has 0 saturated heterocycles. The zero-order chi connectivity index (χ0) is 22.9. The minimum atomic E-state index is -1.05. The van der Waals surface area contributed by atoms with E-state index in [1.54, 1.807) is 20.8 Å². The van der Waals surface area contributed by atoms with E-state index in [0.29, 0.717) is 11.5 Å². The Balaban J connectivity index is 2.09. The summed E-state index contributed by atoms with van der Waals surface area (Å²) in [6, 6.07) is 3.69. The summed E-state index contributed by atoms with van der Waals surface area (Å²) in [4.78, 5) is 21.6. The molecule has 10 heteroatoms. The molecule has 3 rings (SSSR count). The van der Waals surface area contributed by atoms with Crippen LogP contribution in [0.3, 0.4) is 0 Å². The molecular formula is C21H24F2N4O4. The Hall–Kier alpha value is -3.11. The van der Waals surface area contributed by atoms with Crippen molar-refractivity contribution in [2.24, 2.45) is 0 Å². The first kappa shape index (κ1) is 22.6. The van der Waals surface area contributed by atoms with Gasteiger partial charge in [0.15, 0.2) is 17.3 Å². The van der Waals surface area contributed by atoms with Crippen molar-refractivity contribution in [3.05, 3.63) is 52.5 Å². The van der Waals surface area contributed by atoms with Gasteiger partial charge in [-0.3, -0.25) is 9.36 Å². The summed E-state index contributed by atoms with van der Waals surface area (Å²) in [7, 11) is 0. The molecule has 0 spiro atoms. The van der Waals surface area contributed by atoms with Crippen molar-refractivity contribution in [2.75, 3.05) is 5.32 Å². The highest BCUT2D eigenvalue weighted by Crippen LogP contribution is 2.25. The van der Waals surface area contributed by atoms with Gasteiger partial charge in [0.2, 0.25) is 5.95 Å². The Morgan fingerprint density at radius 1 is 1.23 bits per heavy atom. The summed E-state index contributed by atoms with van der Waals surface area (Å²) in [6.45, 7) is 6.42. The Kier molecular flexibility index (Phi) is 6.23. The number of hydrogen-bond donors (Lipinski definition) is 3. The Morgan fingerprint density at radius 2 is 1.94 bits per heavy atom. The third kappa shape index (κ3) is 5.15. The normalized spacial score (nSPS) is 13.8. The van der Waals surface area contributed by atoms with E-state index in [4.69, 9.17) is 4.74 Å². The average molecular weight is 434 g/mol. The topological polar surface area (TPSA) is 110 Å². The van der Waals surface area contributed by atoms with Crippen LogP contribution < -0.4 is 15.6 Å². The number of fused-ring (bicyclic) bond motifs is 1. The van der Waals surface area contributed by atoms with Gasteiger partial charge in [-0.2, -0.15) is 4.98 Å². The summed E-state index contributed by atoms with van der Waals surface area (Å²) >= 11 is 0. The van der Waals surface area contributed by atoms with E-state index in [2.05, 4.69) is 15.3 Å². The van der Waals surface area contributed by atoms with Gasteiger partial charge in [0, 0.05) is 17.6 Å². The van der Waals surface area contributed by atoms with Crippen LogP contribution in [-0.4, -0.2) is 42.5 Å².